The molecule has 5 heteroatoms. The molecule has 0 aliphatic carbocycles. The van der Waals surface area contributed by atoms with Gasteiger partial charge in [-0.25, -0.2) is 4.98 Å². The number of aromatic nitrogens is 1. The summed E-state index contributed by atoms with van der Waals surface area (Å²) >= 11 is 1.49. The molecule has 0 radical (unpaired) electrons. The van der Waals surface area contributed by atoms with Crippen molar-refractivity contribution in [1.29, 1.82) is 0 Å². The molecule has 3 aromatic rings. The van der Waals surface area contributed by atoms with Crippen molar-refractivity contribution < 1.29 is 9.53 Å². The highest BCUT2D eigenvalue weighted by Gasteiger charge is 2.11. The second-order valence-corrected chi connectivity index (χ2v) is 6.73. The molecule has 4 nitrogen and oxygen atoms in total. The molecule has 1 N–H and O–H groups in total. The lowest BCUT2D eigenvalue weighted by Gasteiger charge is -2.06. The van der Waals surface area contributed by atoms with Crippen LogP contribution in [0.1, 0.15) is 23.6 Å². The van der Waals surface area contributed by atoms with Crippen LogP contribution in [-0.2, 0) is 11.2 Å². The maximum atomic E-state index is 12.1. The Kier molecular flexibility index (Phi) is 4.81. The molecule has 1 heterocycles. The third-order valence-electron chi connectivity index (χ3n) is 3.89. The van der Waals surface area contributed by atoms with Crippen molar-refractivity contribution in [2.24, 2.45) is 0 Å². The molecular weight excluding hydrogens is 320 g/mol. The lowest BCUT2D eigenvalue weighted by atomic mass is 10.1. The molecule has 1 aromatic heterocycles. The summed E-state index contributed by atoms with van der Waals surface area (Å²) in [6.45, 7) is 6.15. The van der Waals surface area contributed by atoms with Crippen molar-refractivity contribution in [2.45, 2.75) is 27.2 Å². The molecule has 0 saturated carbocycles. The number of nitrogens with zero attached hydrogens (tertiary/aromatic N) is 1. The highest BCUT2D eigenvalue weighted by atomic mass is 32.1. The number of nitrogens with one attached hydrogen (secondary N) is 1. The number of ether oxygens (including phenoxy) is 1. The van der Waals surface area contributed by atoms with Crippen LogP contribution in [-0.4, -0.2) is 17.5 Å². The van der Waals surface area contributed by atoms with E-state index < -0.39 is 0 Å². The van der Waals surface area contributed by atoms with Crippen molar-refractivity contribution in [2.75, 3.05) is 11.9 Å². The van der Waals surface area contributed by atoms with Crippen LogP contribution < -0.4 is 10.1 Å². The summed E-state index contributed by atoms with van der Waals surface area (Å²) in [6, 6.07) is 11.9. The highest BCUT2D eigenvalue weighted by Crippen LogP contribution is 2.30. The Balaban J connectivity index is 1.64. The van der Waals surface area contributed by atoms with E-state index in [-0.39, 0.29) is 12.5 Å². The van der Waals surface area contributed by atoms with E-state index in [1.807, 2.05) is 37.3 Å². The molecule has 0 saturated heterocycles. The zero-order chi connectivity index (χ0) is 17.1. The Bertz CT molecular complexity index is 830. The van der Waals surface area contributed by atoms with Gasteiger partial charge in [0.15, 0.2) is 11.7 Å². The average molecular weight is 340 g/mol. The predicted molar refractivity (Wildman–Crippen MR) is 99.0 cm³/mol. The number of aryl methyl sites for hydroxylation is 3. The molecule has 0 bridgehead atoms. The second kappa shape index (κ2) is 7.01. The molecule has 24 heavy (non-hydrogen) atoms. The van der Waals surface area contributed by atoms with Gasteiger partial charge in [0.05, 0.1) is 10.2 Å². The first-order valence-electron chi connectivity index (χ1n) is 7.95. The molecule has 0 aliphatic rings. The normalized spacial score (nSPS) is 10.8. The minimum atomic E-state index is -0.205. The van der Waals surface area contributed by atoms with Crippen molar-refractivity contribution in [3.8, 4) is 5.75 Å². The predicted octanol–water partition coefficient (Wildman–Crippen LogP) is 4.49. The van der Waals surface area contributed by atoms with Crippen LogP contribution in [0.25, 0.3) is 10.2 Å². The average Bonchev–Trinajstić information content (AvgIpc) is 3.02. The van der Waals surface area contributed by atoms with Crippen LogP contribution in [0, 0.1) is 13.8 Å². The number of benzene rings is 2. The SMILES string of the molecule is CCc1ccc(OCC(=O)Nc2nc3c(C)ccc(C)c3s2)cc1. The standard InChI is InChI=1S/C19H20N2O2S/c1-4-14-7-9-15(10-8-14)23-11-16(22)20-19-21-17-12(2)5-6-13(3)18(17)24-19/h5-10H,4,11H2,1-3H3,(H,20,21,22). The van der Waals surface area contributed by atoms with Crippen LogP contribution in [0.2, 0.25) is 0 Å². The first-order valence-corrected chi connectivity index (χ1v) is 8.77. The fourth-order valence-electron chi connectivity index (χ4n) is 2.44. The summed E-state index contributed by atoms with van der Waals surface area (Å²) in [4.78, 5) is 16.6. The Labute approximate surface area is 145 Å². The van der Waals surface area contributed by atoms with Crippen LogP contribution >= 0.6 is 11.3 Å². The number of hydrogen-bond donors (Lipinski definition) is 1. The molecule has 2 aromatic carbocycles. The maximum absolute atomic E-state index is 12.1. The van der Waals surface area contributed by atoms with E-state index in [4.69, 9.17) is 4.74 Å². The third kappa shape index (κ3) is 3.57. The number of rotatable bonds is 5. The molecule has 0 spiro atoms. The lowest BCUT2D eigenvalue weighted by molar-refractivity contribution is -0.118. The summed E-state index contributed by atoms with van der Waals surface area (Å²) in [5.74, 6) is 0.488. The number of fused-ring (bicyclic) bond motifs is 1. The van der Waals surface area contributed by atoms with Crippen LogP contribution in [0.4, 0.5) is 5.13 Å². The summed E-state index contributed by atoms with van der Waals surface area (Å²) in [5, 5.41) is 3.43. The number of anilines is 1. The molecule has 1 amide bonds. The largest absolute Gasteiger partial charge is 0.484 e. The Morgan fingerprint density at radius 3 is 2.50 bits per heavy atom. The molecule has 0 fully saturated rings. The lowest BCUT2D eigenvalue weighted by Crippen LogP contribution is -2.20. The minimum Gasteiger partial charge on any atom is -0.484 e. The number of carbonyl (C=O) groups excluding carboxylic acids is 1. The zero-order valence-corrected chi connectivity index (χ0v) is 14.9. The Morgan fingerprint density at radius 2 is 1.83 bits per heavy atom. The fourth-order valence-corrected chi connectivity index (χ4v) is 3.47. The quantitative estimate of drug-likeness (QED) is 0.744. The number of hydrogen-bond acceptors (Lipinski definition) is 4. The van der Waals surface area contributed by atoms with E-state index in [2.05, 4.69) is 30.2 Å². The van der Waals surface area contributed by atoms with E-state index in [9.17, 15) is 4.79 Å². The van der Waals surface area contributed by atoms with Gasteiger partial charge >= 0.3 is 0 Å². The van der Waals surface area contributed by atoms with E-state index in [0.717, 1.165) is 22.2 Å². The van der Waals surface area contributed by atoms with Crippen molar-refractivity contribution in [3.05, 3.63) is 53.1 Å². The number of carbonyl (C=O) groups is 1. The third-order valence-corrected chi connectivity index (χ3v) is 5.00. The molecular formula is C19H20N2O2S. The van der Waals surface area contributed by atoms with Gasteiger partial charge in [0, 0.05) is 0 Å². The van der Waals surface area contributed by atoms with E-state index in [1.165, 1.54) is 22.5 Å². The van der Waals surface area contributed by atoms with Gasteiger partial charge in [0.25, 0.3) is 5.91 Å². The van der Waals surface area contributed by atoms with Crippen molar-refractivity contribution >= 4 is 32.6 Å². The van der Waals surface area contributed by atoms with Crippen LogP contribution in [0.5, 0.6) is 5.75 Å². The zero-order valence-electron chi connectivity index (χ0n) is 14.1. The fraction of sp³-hybridized carbons (Fsp3) is 0.263. The van der Waals surface area contributed by atoms with Crippen molar-refractivity contribution in [3.63, 3.8) is 0 Å². The monoisotopic (exact) mass is 340 g/mol. The number of amides is 1. The molecule has 0 atom stereocenters. The summed E-state index contributed by atoms with van der Waals surface area (Å²) < 4.78 is 6.64. The first kappa shape index (κ1) is 16.5. The van der Waals surface area contributed by atoms with Crippen LogP contribution in [0.3, 0.4) is 0 Å². The molecule has 124 valence electrons. The van der Waals surface area contributed by atoms with Gasteiger partial charge in [-0.2, -0.15) is 0 Å². The van der Waals surface area contributed by atoms with Crippen LogP contribution in [0.15, 0.2) is 36.4 Å². The molecule has 3 rings (SSSR count). The smallest absolute Gasteiger partial charge is 0.264 e. The topological polar surface area (TPSA) is 51.2 Å². The van der Waals surface area contributed by atoms with E-state index in [1.54, 1.807) is 0 Å². The van der Waals surface area contributed by atoms with E-state index >= 15 is 0 Å². The molecule has 0 aliphatic heterocycles. The first-order chi connectivity index (χ1) is 11.6. The van der Waals surface area contributed by atoms with Gasteiger partial charge in [0.2, 0.25) is 0 Å². The van der Waals surface area contributed by atoms with E-state index in [0.29, 0.717) is 10.9 Å². The number of thiazole rings is 1. The highest BCUT2D eigenvalue weighted by molar-refractivity contribution is 7.22. The summed E-state index contributed by atoms with van der Waals surface area (Å²) in [5.41, 5.74) is 4.47. The van der Waals surface area contributed by atoms with Gasteiger partial charge in [-0.1, -0.05) is 42.5 Å². The summed E-state index contributed by atoms with van der Waals surface area (Å²) in [6.07, 6.45) is 0.983. The summed E-state index contributed by atoms with van der Waals surface area (Å²) in [7, 11) is 0. The minimum absolute atomic E-state index is 0.0284. The Morgan fingerprint density at radius 1 is 1.12 bits per heavy atom. The molecule has 0 unspecified atom stereocenters. The van der Waals surface area contributed by atoms with Gasteiger partial charge in [0.1, 0.15) is 5.75 Å². The van der Waals surface area contributed by atoms with Gasteiger partial charge in [-0.05, 0) is 49.1 Å². The van der Waals surface area contributed by atoms with Crippen molar-refractivity contribution in [1.82, 2.24) is 4.98 Å². The Hall–Kier alpha value is -2.40. The van der Waals surface area contributed by atoms with Gasteiger partial charge in [-0.3, -0.25) is 10.1 Å². The second-order valence-electron chi connectivity index (χ2n) is 5.73. The van der Waals surface area contributed by atoms with Gasteiger partial charge < -0.3 is 4.74 Å². The maximum Gasteiger partial charge on any atom is 0.264 e. The van der Waals surface area contributed by atoms with Gasteiger partial charge in [-0.15, -0.1) is 0 Å².